The van der Waals surface area contributed by atoms with E-state index in [1.165, 1.54) is 5.56 Å². The van der Waals surface area contributed by atoms with Crippen molar-refractivity contribution in [1.29, 1.82) is 0 Å². The maximum Gasteiger partial charge on any atom is 0.196 e. The monoisotopic (exact) mass is 233 g/mol. The second-order valence-electron chi connectivity index (χ2n) is 4.81. The van der Waals surface area contributed by atoms with Gasteiger partial charge in [-0.15, -0.1) is 0 Å². The van der Waals surface area contributed by atoms with Crippen LogP contribution in [0.2, 0.25) is 0 Å². The minimum absolute atomic E-state index is 0.271. The molecule has 2 N–H and O–H groups in total. The van der Waals surface area contributed by atoms with E-state index in [1.54, 1.807) is 0 Å². The highest BCUT2D eigenvalue weighted by atomic mass is 15.2. The zero-order valence-corrected chi connectivity index (χ0v) is 11.4. The van der Waals surface area contributed by atoms with Crippen LogP contribution >= 0.6 is 0 Å². The molecule has 3 nitrogen and oxygen atoms in total. The zero-order chi connectivity index (χ0) is 12.8. The first kappa shape index (κ1) is 13.6. The van der Waals surface area contributed by atoms with E-state index in [-0.39, 0.29) is 6.04 Å². The molecule has 94 valence electrons. The van der Waals surface area contributed by atoms with Crippen molar-refractivity contribution in [2.45, 2.75) is 46.7 Å². The molecule has 0 aliphatic rings. The van der Waals surface area contributed by atoms with Gasteiger partial charge in [0, 0.05) is 17.8 Å². The van der Waals surface area contributed by atoms with Crippen molar-refractivity contribution in [2.24, 2.45) is 4.99 Å². The third-order valence-corrected chi connectivity index (χ3v) is 2.21. The summed E-state index contributed by atoms with van der Waals surface area (Å²) < 4.78 is 0. The van der Waals surface area contributed by atoms with Gasteiger partial charge in [-0.2, -0.15) is 0 Å². The Morgan fingerprint density at radius 1 is 1.12 bits per heavy atom. The molecule has 0 spiro atoms. The molecule has 0 amide bonds. The molecular weight excluding hydrogens is 210 g/mol. The third-order valence-electron chi connectivity index (χ3n) is 2.21. The van der Waals surface area contributed by atoms with E-state index in [0.29, 0.717) is 6.04 Å². The van der Waals surface area contributed by atoms with Gasteiger partial charge in [0.1, 0.15) is 0 Å². The first-order valence-corrected chi connectivity index (χ1v) is 6.16. The van der Waals surface area contributed by atoms with Gasteiger partial charge in [-0.25, -0.2) is 0 Å². The van der Waals surface area contributed by atoms with Crippen LogP contribution in [0.5, 0.6) is 0 Å². The number of nitrogens with zero attached hydrogens (tertiary/aromatic N) is 1. The number of hydrogen-bond acceptors (Lipinski definition) is 1. The summed E-state index contributed by atoms with van der Waals surface area (Å²) in [5.41, 5.74) is 2.31. The van der Waals surface area contributed by atoms with Crippen molar-refractivity contribution in [1.82, 2.24) is 5.32 Å². The van der Waals surface area contributed by atoms with Crippen LogP contribution in [0.3, 0.4) is 0 Å². The molecule has 0 fully saturated rings. The number of nitrogens with one attached hydrogen (secondary N) is 2. The smallest absolute Gasteiger partial charge is 0.196 e. The summed E-state index contributed by atoms with van der Waals surface area (Å²) in [7, 11) is 0. The number of anilines is 1. The number of rotatable bonds is 3. The Kier molecular flexibility index (Phi) is 5.01. The normalized spacial score (nSPS) is 12.1. The lowest BCUT2D eigenvalue weighted by molar-refractivity contribution is 0.717. The summed E-state index contributed by atoms with van der Waals surface area (Å²) >= 11 is 0. The Labute approximate surface area is 104 Å². The Bertz CT molecular complexity index is 381. The minimum Gasteiger partial charge on any atom is -0.354 e. The van der Waals surface area contributed by atoms with Gasteiger partial charge in [-0.1, -0.05) is 18.2 Å². The Morgan fingerprint density at radius 3 is 2.29 bits per heavy atom. The fourth-order valence-electron chi connectivity index (χ4n) is 1.48. The molecule has 0 aromatic heterocycles. The van der Waals surface area contributed by atoms with Crippen LogP contribution in [0.1, 0.15) is 33.3 Å². The lowest BCUT2D eigenvalue weighted by Crippen LogP contribution is -2.36. The quantitative estimate of drug-likeness (QED) is 0.621. The van der Waals surface area contributed by atoms with E-state index in [0.717, 1.165) is 11.6 Å². The van der Waals surface area contributed by atoms with E-state index in [2.05, 4.69) is 62.4 Å². The molecule has 1 rings (SSSR count). The van der Waals surface area contributed by atoms with E-state index >= 15 is 0 Å². The molecule has 0 aliphatic carbocycles. The summed E-state index contributed by atoms with van der Waals surface area (Å²) in [6.07, 6.45) is 0. The van der Waals surface area contributed by atoms with Gasteiger partial charge in [0.2, 0.25) is 0 Å². The summed E-state index contributed by atoms with van der Waals surface area (Å²) in [5.74, 6) is 0.837. The number of hydrogen-bond donors (Lipinski definition) is 2. The molecule has 0 saturated carbocycles. The Hall–Kier alpha value is -1.51. The molecule has 1 aromatic rings. The Morgan fingerprint density at radius 2 is 1.76 bits per heavy atom. The molecule has 17 heavy (non-hydrogen) atoms. The second kappa shape index (κ2) is 6.28. The number of benzene rings is 1. The van der Waals surface area contributed by atoms with Gasteiger partial charge >= 0.3 is 0 Å². The molecular formula is C14H23N3. The fourth-order valence-corrected chi connectivity index (χ4v) is 1.48. The van der Waals surface area contributed by atoms with E-state index in [1.807, 2.05) is 12.1 Å². The standard InChI is InChI=1S/C14H23N3/c1-10(2)15-14(16-11(3)4)17-13-9-7-6-8-12(13)5/h6-11H,1-5H3,(H2,15,16,17). The maximum atomic E-state index is 4.55. The molecule has 0 radical (unpaired) electrons. The van der Waals surface area contributed by atoms with Crippen molar-refractivity contribution >= 4 is 11.6 Å². The lowest BCUT2D eigenvalue weighted by atomic mass is 10.2. The predicted molar refractivity (Wildman–Crippen MR) is 75.6 cm³/mol. The summed E-state index contributed by atoms with van der Waals surface area (Å²) in [5, 5.41) is 6.67. The van der Waals surface area contributed by atoms with E-state index in [9.17, 15) is 0 Å². The topological polar surface area (TPSA) is 36.4 Å². The van der Waals surface area contributed by atoms with Gasteiger partial charge in [0.25, 0.3) is 0 Å². The maximum absolute atomic E-state index is 4.55. The molecule has 0 atom stereocenters. The van der Waals surface area contributed by atoms with Gasteiger partial charge in [-0.3, -0.25) is 4.99 Å². The van der Waals surface area contributed by atoms with Gasteiger partial charge in [0.15, 0.2) is 5.96 Å². The predicted octanol–water partition coefficient (Wildman–Crippen LogP) is 3.17. The van der Waals surface area contributed by atoms with Crippen LogP contribution in [0.4, 0.5) is 5.69 Å². The molecule has 0 unspecified atom stereocenters. The molecule has 0 saturated heterocycles. The van der Waals surface area contributed by atoms with Gasteiger partial charge < -0.3 is 10.6 Å². The van der Waals surface area contributed by atoms with Crippen LogP contribution in [-0.4, -0.2) is 18.0 Å². The molecule has 0 bridgehead atoms. The van der Waals surface area contributed by atoms with Crippen LogP contribution in [0.25, 0.3) is 0 Å². The summed E-state index contributed by atoms with van der Waals surface area (Å²) in [6.45, 7) is 10.4. The van der Waals surface area contributed by atoms with Crippen LogP contribution in [0, 0.1) is 6.92 Å². The van der Waals surface area contributed by atoms with Crippen molar-refractivity contribution in [3.05, 3.63) is 29.8 Å². The van der Waals surface area contributed by atoms with Gasteiger partial charge in [0.05, 0.1) is 0 Å². The number of aliphatic imine (C=N–C) groups is 1. The molecule has 0 aliphatic heterocycles. The van der Waals surface area contributed by atoms with Crippen molar-refractivity contribution in [3.8, 4) is 0 Å². The molecule has 3 heteroatoms. The van der Waals surface area contributed by atoms with E-state index in [4.69, 9.17) is 0 Å². The highest BCUT2D eigenvalue weighted by molar-refractivity contribution is 5.94. The summed E-state index contributed by atoms with van der Waals surface area (Å²) in [6, 6.07) is 8.85. The van der Waals surface area contributed by atoms with Crippen molar-refractivity contribution in [2.75, 3.05) is 5.32 Å². The lowest BCUT2D eigenvalue weighted by Gasteiger charge is -2.17. The number of aryl methyl sites for hydroxylation is 1. The van der Waals surface area contributed by atoms with Crippen LogP contribution < -0.4 is 10.6 Å². The summed E-state index contributed by atoms with van der Waals surface area (Å²) in [4.78, 5) is 4.55. The molecule has 0 heterocycles. The second-order valence-corrected chi connectivity index (χ2v) is 4.81. The van der Waals surface area contributed by atoms with Crippen LogP contribution in [-0.2, 0) is 0 Å². The van der Waals surface area contributed by atoms with Crippen molar-refractivity contribution < 1.29 is 0 Å². The average Bonchev–Trinajstić information content (AvgIpc) is 2.19. The van der Waals surface area contributed by atoms with Gasteiger partial charge in [-0.05, 0) is 46.2 Å². The van der Waals surface area contributed by atoms with Crippen molar-refractivity contribution in [3.63, 3.8) is 0 Å². The number of guanidine groups is 1. The van der Waals surface area contributed by atoms with Crippen LogP contribution in [0.15, 0.2) is 29.3 Å². The average molecular weight is 233 g/mol. The minimum atomic E-state index is 0.271. The SMILES string of the molecule is Cc1ccccc1NC(=NC(C)C)NC(C)C. The van der Waals surface area contributed by atoms with E-state index < -0.39 is 0 Å². The Balaban J connectivity index is 2.83. The highest BCUT2D eigenvalue weighted by Crippen LogP contribution is 2.13. The first-order valence-electron chi connectivity index (χ1n) is 6.16. The molecule has 1 aromatic carbocycles. The first-order chi connectivity index (χ1) is 7.99. The zero-order valence-electron chi connectivity index (χ0n) is 11.4. The largest absolute Gasteiger partial charge is 0.354 e. The highest BCUT2D eigenvalue weighted by Gasteiger charge is 2.04. The third kappa shape index (κ3) is 4.89. The number of para-hydroxylation sites is 1. The fraction of sp³-hybridized carbons (Fsp3) is 0.500.